The second kappa shape index (κ2) is 7.27. The lowest BCUT2D eigenvalue weighted by molar-refractivity contribution is -0.137. The van der Waals surface area contributed by atoms with Crippen LogP contribution in [0.2, 0.25) is 0 Å². The van der Waals surface area contributed by atoms with Crippen LogP contribution in [0.5, 0.6) is 11.5 Å². The topological polar surface area (TPSA) is 42.0 Å². The van der Waals surface area contributed by atoms with Crippen LogP contribution in [0.4, 0.5) is 4.39 Å². The van der Waals surface area contributed by atoms with E-state index in [4.69, 9.17) is 9.47 Å². The zero-order valence-electron chi connectivity index (χ0n) is 17.4. The van der Waals surface area contributed by atoms with Gasteiger partial charge in [-0.2, -0.15) is 0 Å². The Balaban J connectivity index is 1.39. The molecule has 1 amide bonds. The average Bonchev–Trinajstić information content (AvgIpc) is 3.39. The number of methoxy groups -OCH3 is 2. The van der Waals surface area contributed by atoms with Crippen molar-refractivity contribution in [2.24, 2.45) is 5.92 Å². The summed E-state index contributed by atoms with van der Waals surface area (Å²) >= 11 is 0. The van der Waals surface area contributed by atoms with Crippen molar-refractivity contribution in [2.75, 3.05) is 27.3 Å². The van der Waals surface area contributed by atoms with E-state index in [0.717, 1.165) is 43.7 Å². The van der Waals surface area contributed by atoms with E-state index in [2.05, 4.69) is 4.90 Å². The number of ether oxygens (including phenoxy) is 2. The van der Waals surface area contributed by atoms with Gasteiger partial charge >= 0.3 is 0 Å². The third kappa shape index (κ3) is 2.81. The van der Waals surface area contributed by atoms with Crippen molar-refractivity contribution in [3.63, 3.8) is 0 Å². The number of amides is 1. The number of rotatable bonds is 5. The lowest BCUT2D eigenvalue weighted by Crippen LogP contribution is -2.49. The van der Waals surface area contributed by atoms with Gasteiger partial charge in [0.15, 0.2) is 0 Å². The maximum atomic E-state index is 14.8. The van der Waals surface area contributed by atoms with E-state index in [0.29, 0.717) is 17.9 Å². The molecule has 5 rings (SSSR count). The number of benzene rings is 2. The maximum absolute atomic E-state index is 14.8. The van der Waals surface area contributed by atoms with Crippen molar-refractivity contribution >= 4 is 5.91 Å². The molecule has 3 atom stereocenters. The van der Waals surface area contributed by atoms with E-state index < -0.39 is 5.54 Å². The lowest BCUT2D eigenvalue weighted by atomic mass is 9.85. The standard InChI is InChI=1S/C24H27FN2O3/c1-29-18-6-4-16(5-7-18)14-26-15-17-12-22(20-9-8-19(30-2)13-21(20)25)27-11-3-10-24(17,27)23(26)28/h4-9,13,17,22H,3,10-12,14-15H2,1-2H3/t17-,22-,24-/m0/s1. The van der Waals surface area contributed by atoms with Crippen LogP contribution >= 0.6 is 0 Å². The van der Waals surface area contributed by atoms with Crippen LogP contribution in [0.15, 0.2) is 42.5 Å². The first-order valence-corrected chi connectivity index (χ1v) is 10.6. The van der Waals surface area contributed by atoms with Crippen molar-refractivity contribution in [3.05, 3.63) is 59.4 Å². The minimum absolute atomic E-state index is 0.0458. The van der Waals surface area contributed by atoms with Gasteiger partial charge in [-0.25, -0.2) is 4.39 Å². The van der Waals surface area contributed by atoms with E-state index in [1.165, 1.54) is 6.07 Å². The highest BCUT2D eigenvalue weighted by molar-refractivity contribution is 5.90. The van der Waals surface area contributed by atoms with Gasteiger partial charge in [0, 0.05) is 36.7 Å². The molecule has 3 aliphatic rings. The summed E-state index contributed by atoms with van der Waals surface area (Å²) < 4.78 is 25.2. The first-order chi connectivity index (χ1) is 14.6. The molecule has 0 unspecified atom stereocenters. The van der Waals surface area contributed by atoms with Gasteiger partial charge in [-0.3, -0.25) is 9.69 Å². The molecular weight excluding hydrogens is 383 g/mol. The highest BCUT2D eigenvalue weighted by Crippen LogP contribution is 2.56. The Morgan fingerprint density at radius 3 is 2.53 bits per heavy atom. The molecule has 2 aromatic rings. The number of nitrogens with zero attached hydrogens (tertiary/aromatic N) is 2. The Hall–Kier alpha value is -2.60. The summed E-state index contributed by atoms with van der Waals surface area (Å²) in [6.45, 7) is 2.18. The Kier molecular flexibility index (Phi) is 4.69. The first-order valence-electron chi connectivity index (χ1n) is 10.6. The zero-order chi connectivity index (χ0) is 20.9. The molecule has 0 N–H and O–H groups in total. The molecule has 3 aliphatic heterocycles. The minimum atomic E-state index is -0.469. The summed E-state index contributed by atoms with van der Waals surface area (Å²) in [5, 5.41) is 0. The molecule has 0 aromatic heterocycles. The molecule has 3 heterocycles. The monoisotopic (exact) mass is 410 g/mol. The number of halogens is 1. The van der Waals surface area contributed by atoms with Gasteiger partial charge in [0.2, 0.25) is 5.91 Å². The zero-order valence-corrected chi connectivity index (χ0v) is 17.4. The molecular formula is C24H27FN2O3. The van der Waals surface area contributed by atoms with E-state index >= 15 is 0 Å². The summed E-state index contributed by atoms with van der Waals surface area (Å²) in [4.78, 5) is 17.9. The third-order valence-corrected chi connectivity index (χ3v) is 7.23. The quantitative estimate of drug-likeness (QED) is 0.752. The van der Waals surface area contributed by atoms with E-state index in [-0.39, 0.29) is 23.7 Å². The molecule has 158 valence electrons. The lowest BCUT2D eigenvalue weighted by Gasteiger charge is -2.33. The fraction of sp³-hybridized carbons (Fsp3) is 0.458. The number of likely N-dealkylation sites (tertiary alicyclic amines) is 1. The molecule has 1 spiro atoms. The number of carbonyl (C=O) groups is 1. The molecule has 30 heavy (non-hydrogen) atoms. The fourth-order valence-corrected chi connectivity index (χ4v) is 5.87. The summed E-state index contributed by atoms with van der Waals surface area (Å²) in [7, 11) is 3.19. The molecule has 0 radical (unpaired) electrons. The van der Waals surface area contributed by atoms with Gasteiger partial charge in [-0.1, -0.05) is 18.2 Å². The Bertz CT molecular complexity index is 963. The summed E-state index contributed by atoms with van der Waals surface area (Å²) in [5.74, 6) is 1.53. The smallest absolute Gasteiger partial charge is 0.243 e. The molecule has 0 bridgehead atoms. The SMILES string of the molecule is COc1ccc(CN2C[C@@H]3C[C@@H](c4ccc(OC)cc4F)N4CCC[C@@]34C2=O)cc1. The number of hydrogen-bond donors (Lipinski definition) is 0. The van der Waals surface area contributed by atoms with Crippen molar-refractivity contribution in [1.82, 2.24) is 9.80 Å². The molecule has 0 saturated carbocycles. The molecule has 3 saturated heterocycles. The largest absolute Gasteiger partial charge is 0.497 e. The van der Waals surface area contributed by atoms with Crippen LogP contribution in [-0.4, -0.2) is 48.6 Å². The molecule has 6 heteroatoms. The highest BCUT2D eigenvalue weighted by Gasteiger charge is 2.65. The second-order valence-electron chi connectivity index (χ2n) is 8.59. The van der Waals surface area contributed by atoms with E-state index in [9.17, 15) is 9.18 Å². The van der Waals surface area contributed by atoms with E-state index in [1.807, 2.05) is 41.3 Å². The van der Waals surface area contributed by atoms with Gasteiger partial charge in [0.1, 0.15) is 22.9 Å². The van der Waals surface area contributed by atoms with Crippen LogP contribution in [0.1, 0.15) is 36.4 Å². The predicted molar refractivity (Wildman–Crippen MR) is 111 cm³/mol. The summed E-state index contributed by atoms with van der Waals surface area (Å²) in [6, 6.07) is 12.9. The predicted octanol–water partition coefficient (Wildman–Crippen LogP) is 3.78. The normalized spacial score (nSPS) is 28.0. The molecule has 5 nitrogen and oxygen atoms in total. The molecule has 0 aliphatic carbocycles. The Morgan fingerprint density at radius 1 is 1.10 bits per heavy atom. The minimum Gasteiger partial charge on any atom is -0.497 e. The van der Waals surface area contributed by atoms with Crippen LogP contribution in [0.3, 0.4) is 0 Å². The summed E-state index contributed by atoms with van der Waals surface area (Å²) in [6.07, 6.45) is 2.66. The van der Waals surface area contributed by atoms with Crippen LogP contribution < -0.4 is 9.47 Å². The van der Waals surface area contributed by atoms with Crippen molar-refractivity contribution in [1.29, 1.82) is 0 Å². The second-order valence-corrected chi connectivity index (χ2v) is 8.59. The summed E-state index contributed by atoms with van der Waals surface area (Å²) in [5.41, 5.74) is 1.31. The van der Waals surface area contributed by atoms with E-state index in [1.54, 1.807) is 14.2 Å². The van der Waals surface area contributed by atoms with Crippen LogP contribution in [0, 0.1) is 11.7 Å². The fourth-order valence-electron chi connectivity index (χ4n) is 5.87. The maximum Gasteiger partial charge on any atom is 0.243 e. The number of hydrogen-bond acceptors (Lipinski definition) is 4. The van der Waals surface area contributed by atoms with Crippen LogP contribution in [-0.2, 0) is 11.3 Å². The van der Waals surface area contributed by atoms with Crippen molar-refractivity contribution in [2.45, 2.75) is 37.4 Å². The average molecular weight is 410 g/mol. The van der Waals surface area contributed by atoms with Gasteiger partial charge in [0.05, 0.1) is 14.2 Å². The van der Waals surface area contributed by atoms with Gasteiger partial charge in [-0.05, 0) is 49.6 Å². The highest BCUT2D eigenvalue weighted by atomic mass is 19.1. The molecule has 2 aromatic carbocycles. The Labute approximate surface area is 176 Å². The van der Waals surface area contributed by atoms with Gasteiger partial charge < -0.3 is 14.4 Å². The third-order valence-electron chi connectivity index (χ3n) is 7.23. The van der Waals surface area contributed by atoms with Crippen molar-refractivity contribution in [3.8, 4) is 11.5 Å². The van der Waals surface area contributed by atoms with Gasteiger partial charge in [0.25, 0.3) is 0 Å². The van der Waals surface area contributed by atoms with Crippen LogP contribution in [0.25, 0.3) is 0 Å². The first kappa shape index (κ1) is 19.4. The molecule has 3 fully saturated rings. The van der Waals surface area contributed by atoms with Gasteiger partial charge in [-0.15, -0.1) is 0 Å². The number of carbonyl (C=O) groups excluding carboxylic acids is 1. The Morgan fingerprint density at radius 2 is 1.83 bits per heavy atom. The van der Waals surface area contributed by atoms with Crippen molar-refractivity contribution < 1.29 is 18.7 Å².